The molecular formula is C21H27ClN4O. The fourth-order valence-electron chi connectivity index (χ4n) is 3.34. The van der Waals surface area contributed by atoms with Crippen molar-refractivity contribution >= 4 is 22.8 Å². The molecule has 0 aliphatic rings. The average Bonchev–Trinajstić information content (AvgIpc) is 2.96. The van der Waals surface area contributed by atoms with Crippen LogP contribution in [0.15, 0.2) is 18.3 Å². The van der Waals surface area contributed by atoms with Crippen LogP contribution in [0.3, 0.4) is 0 Å². The van der Waals surface area contributed by atoms with Crippen LogP contribution >= 0.6 is 11.6 Å². The lowest BCUT2D eigenvalue weighted by Crippen LogP contribution is -2.10. The Labute approximate surface area is 165 Å². The number of aryl methyl sites for hydroxylation is 2. The molecule has 1 atom stereocenters. The van der Waals surface area contributed by atoms with Crippen molar-refractivity contribution in [2.75, 3.05) is 13.7 Å². The third-order valence-electron chi connectivity index (χ3n) is 4.85. The van der Waals surface area contributed by atoms with Crippen LogP contribution < -0.4 is 0 Å². The van der Waals surface area contributed by atoms with E-state index >= 15 is 0 Å². The zero-order valence-electron chi connectivity index (χ0n) is 16.9. The number of pyridine rings is 1. The third kappa shape index (κ3) is 3.71. The van der Waals surface area contributed by atoms with Gasteiger partial charge in [0.2, 0.25) is 0 Å². The first-order valence-electron chi connectivity index (χ1n) is 9.41. The topological polar surface area (TPSA) is 52.8 Å². The summed E-state index contributed by atoms with van der Waals surface area (Å²) in [5.41, 5.74) is 6.46. The summed E-state index contributed by atoms with van der Waals surface area (Å²) in [5, 5.41) is 0.403. The number of halogens is 1. The van der Waals surface area contributed by atoms with E-state index in [2.05, 4.69) is 50.6 Å². The molecule has 0 radical (unpaired) electrons. The summed E-state index contributed by atoms with van der Waals surface area (Å²) in [4.78, 5) is 14.4. The van der Waals surface area contributed by atoms with E-state index in [4.69, 9.17) is 31.3 Å². The lowest BCUT2D eigenvalue weighted by Gasteiger charge is -2.14. The van der Waals surface area contributed by atoms with Gasteiger partial charge in [0.15, 0.2) is 10.8 Å². The molecule has 0 aromatic carbocycles. The summed E-state index contributed by atoms with van der Waals surface area (Å²) in [6, 6.07) is 4.28. The fourth-order valence-corrected chi connectivity index (χ4v) is 3.56. The number of fused-ring (bicyclic) bond motifs is 1. The lowest BCUT2D eigenvalue weighted by molar-refractivity contribution is 0.163. The minimum Gasteiger partial charge on any atom is -0.383 e. The Morgan fingerprint density at radius 2 is 1.89 bits per heavy atom. The van der Waals surface area contributed by atoms with Gasteiger partial charge in [0.05, 0.1) is 12.6 Å². The Hall–Kier alpha value is -1.98. The zero-order chi connectivity index (χ0) is 19.7. The number of nitrogens with zero attached hydrogens (tertiary/aromatic N) is 4. The highest BCUT2D eigenvalue weighted by molar-refractivity contribution is 6.32. The number of ether oxygens (including phenoxy) is 1. The van der Waals surface area contributed by atoms with E-state index in [1.807, 2.05) is 6.92 Å². The average molecular weight is 387 g/mol. The van der Waals surface area contributed by atoms with Crippen molar-refractivity contribution in [1.29, 1.82) is 0 Å². The van der Waals surface area contributed by atoms with Gasteiger partial charge in [0.25, 0.3) is 0 Å². The molecule has 0 spiro atoms. The molecule has 5 nitrogen and oxygen atoms in total. The molecular weight excluding hydrogens is 360 g/mol. The van der Waals surface area contributed by atoms with Gasteiger partial charge in [-0.3, -0.25) is 4.98 Å². The Morgan fingerprint density at radius 1 is 1.15 bits per heavy atom. The monoisotopic (exact) mass is 386 g/mol. The van der Waals surface area contributed by atoms with E-state index in [0.29, 0.717) is 23.4 Å². The molecule has 144 valence electrons. The summed E-state index contributed by atoms with van der Waals surface area (Å²) in [6.45, 7) is 11.1. The minimum atomic E-state index is 0.153. The van der Waals surface area contributed by atoms with Crippen molar-refractivity contribution in [1.82, 2.24) is 19.5 Å². The van der Waals surface area contributed by atoms with Crippen molar-refractivity contribution < 1.29 is 4.74 Å². The van der Waals surface area contributed by atoms with Gasteiger partial charge >= 0.3 is 0 Å². The summed E-state index contributed by atoms with van der Waals surface area (Å²) in [6.07, 6.45) is 2.88. The third-order valence-corrected chi connectivity index (χ3v) is 5.11. The van der Waals surface area contributed by atoms with E-state index in [1.165, 1.54) is 0 Å². The molecule has 0 saturated heterocycles. The number of hydrogen-bond donors (Lipinski definition) is 0. The second-order valence-electron chi connectivity index (χ2n) is 7.30. The molecule has 3 aromatic heterocycles. The fraction of sp³-hybridized carbons (Fsp3) is 0.476. The smallest absolute Gasteiger partial charge is 0.161 e. The van der Waals surface area contributed by atoms with Gasteiger partial charge in [0, 0.05) is 30.3 Å². The van der Waals surface area contributed by atoms with E-state index in [1.54, 1.807) is 7.11 Å². The first-order chi connectivity index (χ1) is 12.9. The second kappa shape index (κ2) is 7.95. The van der Waals surface area contributed by atoms with Crippen LogP contribution in [0.4, 0.5) is 0 Å². The van der Waals surface area contributed by atoms with Crippen molar-refractivity contribution in [3.63, 3.8) is 0 Å². The number of methoxy groups -OCH3 is 1. The van der Waals surface area contributed by atoms with Crippen molar-refractivity contribution in [2.45, 2.75) is 53.0 Å². The zero-order valence-corrected chi connectivity index (χ0v) is 17.6. The predicted molar refractivity (Wildman–Crippen MR) is 111 cm³/mol. The van der Waals surface area contributed by atoms with Crippen molar-refractivity contribution in [3.05, 3.63) is 40.4 Å². The minimum absolute atomic E-state index is 0.153. The Kier molecular flexibility index (Phi) is 5.82. The first-order valence-corrected chi connectivity index (χ1v) is 9.78. The maximum absolute atomic E-state index is 6.59. The molecule has 0 saturated carbocycles. The highest BCUT2D eigenvalue weighted by atomic mass is 35.5. The summed E-state index contributed by atoms with van der Waals surface area (Å²) < 4.78 is 7.37. The van der Waals surface area contributed by atoms with E-state index in [-0.39, 0.29) is 6.04 Å². The van der Waals surface area contributed by atoms with Gasteiger partial charge in [-0.25, -0.2) is 9.97 Å². The second-order valence-corrected chi connectivity index (χ2v) is 7.66. The molecule has 0 aliphatic carbocycles. The first kappa shape index (κ1) is 19.8. The number of aromatic nitrogens is 4. The molecule has 3 rings (SSSR count). The van der Waals surface area contributed by atoms with Gasteiger partial charge in [-0.1, -0.05) is 32.4 Å². The van der Waals surface area contributed by atoms with Crippen LogP contribution in [-0.4, -0.2) is 33.2 Å². The molecule has 0 N–H and O–H groups in total. The molecule has 27 heavy (non-hydrogen) atoms. The van der Waals surface area contributed by atoms with E-state index in [0.717, 1.165) is 40.1 Å². The standard InChI is InChI=1S/C21H27ClN4O/c1-7-16-15(8-9-17(23-16)12(2)3)19-20(22)25-21-18(24-19)13(4)10-26(21)14(5)11-27-6/h8-10,12,14H,7,11H2,1-6H3. The molecule has 0 bridgehead atoms. The van der Waals surface area contributed by atoms with Crippen LogP contribution in [0.5, 0.6) is 0 Å². The largest absolute Gasteiger partial charge is 0.383 e. The van der Waals surface area contributed by atoms with Crippen LogP contribution in [0.2, 0.25) is 5.15 Å². The summed E-state index contributed by atoms with van der Waals surface area (Å²) in [5.74, 6) is 0.381. The molecule has 0 aliphatic heterocycles. The summed E-state index contributed by atoms with van der Waals surface area (Å²) in [7, 11) is 1.70. The quantitative estimate of drug-likeness (QED) is 0.573. The van der Waals surface area contributed by atoms with E-state index < -0.39 is 0 Å². The van der Waals surface area contributed by atoms with E-state index in [9.17, 15) is 0 Å². The van der Waals surface area contributed by atoms with Crippen molar-refractivity contribution in [2.24, 2.45) is 0 Å². The highest BCUT2D eigenvalue weighted by Crippen LogP contribution is 2.32. The van der Waals surface area contributed by atoms with Gasteiger partial charge in [-0.15, -0.1) is 0 Å². The Balaban J connectivity index is 2.17. The number of rotatable bonds is 6. The molecule has 1 unspecified atom stereocenters. The van der Waals surface area contributed by atoms with Crippen LogP contribution in [0.25, 0.3) is 22.4 Å². The highest BCUT2D eigenvalue weighted by Gasteiger charge is 2.19. The molecule has 0 amide bonds. The lowest BCUT2D eigenvalue weighted by atomic mass is 10.0. The van der Waals surface area contributed by atoms with Crippen LogP contribution in [0.1, 0.15) is 56.6 Å². The van der Waals surface area contributed by atoms with Gasteiger partial charge in [-0.05, 0) is 43.9 Å². The van der Waals surface area contributed by atoms with Gasteiger partial charge < -0.3 is 9.30 Å². The summed E-state index contributed by atoms with van der Waals surface area (Å²) >= 11 is 6.59. The SMILES string of the molecule is CCc1nc(C(C)C)ccc1-c1nc2c(C)cn(C(C)COC)c2nc1Cl. The van der Waals surface area contributed by atoms with Gasteiger partial charge in [0.1, 0.15) is 11.2 Å². The predicted octanol–water partition coefficient (Wildman–Crippen LogP) is 5.35. The van der Waals surface area contributed by atoms with Crippen molar-refractivity contribution in [3.8, 4) is 11.3 Å². The normalized spacial score (nSPS) is 12.9. The Bertz CT molecular complexity index is 964. The van der Waals surface area contributed by atoms with Crippen LogP contribution in [0, 0.1) is 6.92 Å². The number of hydrogen-bond acceptors (Lipinski definition) is 4. The van der Waals surface area contributed by atoms with Crippen LogP contribution in [-0.2, 0) is 11.2 Å². The molecule has 3 aromatic rings. The maximum Gasteiger partial charge on any atom is 0.161 e. The maximum atomic E-state index is 6.59. The Morgan fingerprint density at radius 3 is 2.52 bits per heavy atom. The molecule has 6 heteroatoms. The molecule has 3 heterocycles. The van der Waals surface area contributed by atoms with Gasteiger partial charge in [-0.2, -0.15) is 0 Å². The molecule has 0 fully saturated rings.